The van der Waals surface area contributed by atoms with Crippen LogP contribution in [0.4, 0.5) is 0 Å². The van der Waals surface area contributed by atoms with Gasteiger partial charge in [-0.1, -0.05) is 27.4 Å². The minimum atomic E-state index is -1.31. The summed E-state index contributed by atoms with van der Waals surface area (Å²) >= 11 is 0. The quantitative estimate of drug-likeness (QED) is 0.225. The van der Waals surface area contributed by atoms with E-state index < -0.39 is 58.2 Å². The summed E-state index contributed by atoms with van der Waals surface area (Å²) in [5, 5.41) is 24.2. The number of epoxide rings is 1. The summed E-state index contributed by atoms with van der Waals surface area (Å²) in [4.78, 5) is 37.9. The molecule has 2 aliphatic heterocycles. The summed E-state index contributed by atoms with van der Waals surface area (Å²) in [7, 11) is 0. The van der Waals surface area contributed by atoms with E-state index in [1.54, 1.807) is 6.92 Å². The molecule has 2 saturated heterocycles. The van der Waals surface area contributed by atoms with Crippen LogP contribution in [0.5, 0.6) is 0 Å². The largest absolute Gasteiger partial charge is 0.465 e. The molecule has 6 rings (SSSR count). The fraction of sp³-hybridized carbons (Fsp3) is 0.844. The Morgan fingerprint density at radius 1 is 1.00 bits per heavy atom. The lowest BCUT2D eigenvalue weighted by atomic mass is 9.33. The van der Waals surface area contributed by atoms with Crippen molar-refractivity contribution in [2.75, 3.05) is 6.61 Å². The summed E-state index contributed by atoms with van der Waals surface area (Å²) in [6, 6.07) is 0. The van der Waals surface area contributed by atoms with Gasteiger partial charge in [0.2, 0.25) is 0 Å². The van der Waals surface area contributed by atoms with E-state index in [1.165, 1.54) is 13.8 Å². The molecule has 0 bridgehead atoms. The van der Waals surface area contributed by atoms with E-state index in [0.29, 0.717) is 32.1 Å². The van der Waals surface area contributed by atoms with Crippen LogP contribution in [0.1, 0.15) is 86.5 Å². The van der Waals surface area contributed by atoms with Crippen LogP contribution in [-0.4, -0.2) is 70.8 Å². The zero-order chi connectivity index (χ0) is 29.9. The van der Waals surface area contributed by atoms with Gasteiger partial charge in [-0.25, -0.2) is 0 Å². The molecule has 3 unspecified atom stereocenters. The van der Waals surface area contributed by atoms with Gasteiger partial charge in [-0.05, 0) is 67.8 Å². The Morgan fingerprint density at radius 2 is 1.63 bits per heavy atom. The van der Waals surface area contributed by atoms with Crippen LogP contribution in [0.25, 0.3) is 0 Å². The standard InChI is InChI=1S/C32H46O9/c1-16-14-32(37)22-10-12-28(5)20(11-13-31(17(2)33)15-38-23(36)9-8-21(28)31)29(22,6)26(39-18(3)34)27(40-19(4)35)30(32,7)25-24(16)41-25/h17,20-22,24-27,33,37H,1,8-15H2,2-7H3/t17?,20?,21-,22?,24+,25+,26+,27-,28+,29+,30+,31-,32+/m0/s1. The highest BCUT2D eigenvalue weighted by Gasteiger charge is 2.82. The van der Waals surface area contributed by atoms with Gasteiger partial charge in [-0.15, -0.1) is 0 Å². The number of carbonyl (C=O) groups excluding carboxylic acids is 3. The van der Waals surface area contributed by atoms with E-state index in [1.807, 2.05) is 6.92 Å². The van der Waals surface area contributed by atoms with E-state index >= 15 is 0 Å². The Balaban J connectivity index is 1.53. The predicted molar refractivity (Wildman–Crippen MR) is 146 cm³/mol. The van der Waals surface area contributed by atoms with E-state index in [0.717, 1.165) is 12.0 Å². The van der Waals surface area contributed by atoms with Gasteiger partial charge >= 0.3 is 17.9 Å². The second-order valence-electron chi connectivity index (χ2n) is 14.8. The summed E-state index contributed by atoms with van der Waals surface area (Å²) in [6.45, 7) is 15.3. The molecule has 41 heavy (non-hydrogen) atoms. The van der Waals surface area contributed by atoms with E-state index in [2.05, 4.69) is 20.4 Å². The lowest BCUT2D eigenvalue weighted by Crippen LogP contribution is -2.79. The summed E-state index contributed by atoms with van der Waals surface area (Å²) in [5.74, 6) is -1.59. The van der Waals surface area contributed by atoms with E-state index in [4.69, 9.17) is 18.9 Å². The SMILES string of the molecule is C=C1C[C@@]2(O)C3CC[C@]4(C)C(CC[C@@]5(C(C)O)COC(=O)CC[C@H]54)[C@@]3(C)[C@H](OC(C)=O)[C@H](OC(C)=O)[C@@]2(C)[C@@H]2O[C@H]12. The Labute approximate surface area is 242 Å². The van der Waals surface area contributed by atoms with Crippen molar-refractivity contribution in [3.63, 3.8) is 0 Å². The highest BCUT2D eigenvalue weighted by Crippen LogP contribution is 2.76. The Morgan fingerprint density at radius 3 is 2.27 bits per heavy atom. The van der Waals surface area contributed by atoms with Gasteiger partial charge in [0.25, 0.3) is 0 Å². The fourth-order valence-electron chi connectivity index (χ4n) is 11.3. The molecule has 0 aromatic rings. The molecule has 0 radical (unpaired) electrons. The van der Waals surface area contributed by atoms with Gasteiger partial charge in [0.05, 0.1) is 23.7 Å². The molecule has 0 aromatic heterocycles. The molecule has 9 heteroatoms. The molecule has 0 amide bonds. The lowest BCUT2D eigenvalue weighted by Gasteiger charge is -2.73. The van der Waals surface area contributed by atoms with Crippen molar-refractivity contribution in [3.8, 4) is 0 Å². The number of ether oxygens (including phenoxy) is 4. The summed E-state index contributed by atoms with van der Waals surface area (Å²) in [5.41, 5.74) is -3.20. The first-order valence-electron chi connectivity index (χ1n) is 15.3. The normalized spacial score (nSPS) is 52.6. The first-order valence-corrected chi connectivity index (χ1v) is 15.3. The van der Waals surface area contributed by atoms with Crippen molar-refractivity contribution in [2.24, 2.45) is 39.4 Å². The number of esters is 3. The molecule has 6 fully saturated rings. The van der Waals surface area contributed by atoms with Crippen molar-refractivity contribution in [2.45, 2.75) is 123 Å². The van der Waals surface area contributed by atoms with Crippen molar-refractivity contribution in [1.29, 1.82) is 0 Å². The number of cyclic esters (lactones) is 1. The van der Waals surface area contributed by atoms with Gasteiger partial charge in [0.1, 0.15) is 24.4 Å². The first kappa shape index (κ1) is 29.1. The molecular formula is C32H46O9. The van der Waals surface area contributed by atoms with Gasteiger partial charge < -0.3 is 29.2 Å². The molecule has 2 heterocycles. The van der Waals surface area contributed by atoms with Crippen LogP contribution in [0.3, 0.4) is 0 Å². The summed E-state index contributed by atoms with van der Waals surface area (Å²) < 4.78 is 24.1. The van der Waals surface area contributed by atoms with Crippen molar-refractivity contribution in [3.05, 3.63) is 12.2 Å². The second-order valence-corrected chi connectivity index (χ2v) is 14.8. The average Bonchev–Trinajstić information content (AvgIpc) is 3.69. The number of aliphatic hydroxyl groups excluding tert-OH is 1. The maximum absolute atomic E-state index is 13.0. The molecule has 2 N–H and O–H groups in total. The molecule has 9 nitrogen and oxygen atoms in total. The molecular weight excluding hydrogens is 528 g/mol. The Hall–Kier alpha value is -1.97. The lowest BCUT2D eigenvalue weighted by molar-refractivity contribution is -0.331. The third-order valence-corrected chi connectivity index (χ3v) is 13.2. The minimum absolute atomic E-state index is 0.0245. The van der Waals surface area contributed by atoms with Gasteiger partial charge in [0, 0.05) is 37.5 Å². The highest BCUT2D eigenvalue weighted by atomic mass is 16.6. The molecule has 0 spiro atoms. The van der Waals surface area contributed by atoms with Crippen molar-refractivity contribution >= 4 is 17.9 Å². The third kappa shape index (κ3) is 3.60. The molecule has 0 aromatic carbocycles. The van der Waals surface area contributed by atoms with Crippen LogP contribution in [-0.2, 0) is 33.3 Å². The first-order chi connectivity index (χ1) is 19.1. The number of hydrogen-bond acceptors (Lipinski definition) is 9. The topological polar surface area (TPSA) is 132 Å². The smallest absolute Gasteiger partial charge is 0.305 e. The van der Waals surface area contributed by atoms with Gasteiger partial charge in [0.15, 0.2) is 0 Å². The highest BCUT2D eigenvalue weighted by molar-refractivity contribution is 5.70. The molecule has 13 atom stereocenters. The minimum Gasteiger partial charge on any atom is -0.465 e. The average molecular weight is 575 g/mol. The number of rotatable bonds is 3. The van der Waals surface area contributed by atoms with Crippen molar-refractivity contribution < 1.29 is 43.5 Å². The molecule has 4 saturated carbocycles. The monoisotopic (exact) mass is 574 g/mol. The van der Waals surface area contributed by atoms with Crippen LogP contribution in [0, 0.1) is 39.4 Å². The number of fused-ring (bicyclic) bond motifs is 9. The predicted octanol–water partition coefficient (Wildman–Crippen LogP) is 3.48. The van der Waals surface area contributed by atoms with Gasteiger partial charge in [-0.2, -0.15) is 0 Å². The molecule has 6 aliphatic rings. The zero-order valence-corrected chi connectivity index (χ0v) is 25.2. The molecule has 228 valence electrons. The number of carbonyl (C=O) groups is 3. The third-order valence-electron chi connectivity index (χ3n) is 13.2. The maximum atomic E-state index is 13.0. The van der Waals surface area contributed by atoms with Gasteiger partial charge in [-0.3, -0.25) is 14.4 Å². The fourth-order valence-corrected chi connectivity index (χ4v) is 11.3. The van der Waals surface area contributed by atoms with E-state index in [9.17, 15) is 24.6 Å². The van der Waals surface area contributed by atoms with E-state index in [-0.39, 0.29) is 48.3 Å². The maximum Gasteiger partial charge on any atom is 0.305 e. The Kier molecular flexibility index (Phi) is 6.41. The summed E-state index contributed by atoms with van der Waals surface area (Å²) in [6.07, 6.45) is 0.898. The van der Waals surface area contributed by atoms with Crippen molar-refractivity contribution in [1.82, 2.24) is 0 Å². The van der Waals surface area contributed by atoms with Crippen LogP contribution in [0.15, 0.2) is 12.2 Å². The van der Waals surface area contributed by atoms with Crippen LogP contribution >= 0.6 is 0 Å². The number of hydrogen-bond donors (Lipinski definition) is 2. The van der Waals surface area contributed by atoms with Crippen LogP contribution < -0.4 is 0 Å². The number of aliphatic hydroxyl groups is 2. The zero-order valence-electron chi connectivity index (χ0n) is 25.2. The van der Waals surface area contributed by atoms with Crippen LogP contribution in [0.2, 0.25) is 0 Å². The Bertz CT molecular complexity index is 1180. The second kappa shape index (κ2) is 9.02. The molecule has 4 aliphatic carbocycles.